The zero-order valence-corrected chi connectivity index (χ0v) is 10.5. The quantitative estimate of drug-likeness (QED) is 0.821. The molecule has 5 heteroatoms. The maximum atomic E-state index is 12.2. The van der Waals surface area contributed by atoms with Crippen molar-refractivity contribution in [3.63, 3.8) is 0 Å². The van der Waals surface area contributed by atoms with Gasteiger partial charge in [0.25, 0.3) is 11.5 Å². The summed E-state index contributed by atoms with van der Waals surface area (Å²) in [5, 5.41) is 8.88. The molecule has 0 aliphatic carbocycles. The molecule has 0 aromatic carbocycles. The van der Waals surface area contributed by atoms with E-state index in [1.807, 2.05) is 0 Å². The highest BCUT2D eigenvalue weighted by Gasteiger charge is 2.27. The van der Waals surface area contributed by atoms with Crippen molar-refractivity contribution in [3.8, 4) is 0 Å². The number of nitrogens with zero attached hydrogens (tertiary/aromatic N) is 1. The lowest BCUT2D eigenvalue weighted by Gasteiger charge is -2.16. The van der Waals surface area contributed by atoms with Crippen LogP contribution in [-0.2, 0) is 0 Å². The van der Waals surface area contributed by atoms with Gasteiger partial charge in [0.2, 0.25) is 0 Å². The Balaban J connectivity index is 2.10. The zero-order chi connectivity index (χ0) is 13.1. The van der Waals surface area contributed by atoms with Gasteiger partial charge in [-0.05, 0) is 37.8 Å². The number of carbonyl (C=O) groups excluding carboxylic acids is 1. The average Bonchev–Trinajstić information content (AvgIpc) is 2.77. The largest absolute Gasteiger partial charge is 0.396 e. The van der Waals surface area contributed by atoms with Gasteiger partial charge in [0, 0.05) is 25.4 Å². The van der Waals surface area contributed by atoms with Gasteiger partial charge in [-0.1, -0.05) is 0 Å². The molecule has 1 fully saturated rings. The first kappa shape index (κ1) is 12.8. The smallest absolute Gasteiger partial charge is 0.260 e. The number of aliphatic hydroxyl groups is 1. The molecule has 1 aliphatic heterocycles. The molecule has 5 nitrogen and oxygen atoms in total. The molecule has 98 valence electrons. The molecule has 1 aliphatic rings. The number of aliphatic hydroxyl groups excluding tert-OH is 1. The molecule has 0 saturated carbocycles. The minimum atomic E-state index is -0.328. The molecule has 0 spiro atoms. The first-order chi connectivity index (χ1) is 8.61. The number of aromatic amines is 1. The maximum absolute atomic E-state index is 12.2. The summed E-state index contributed by atoms with van der Waals surface area (Å²) in [5.74, 6) is 0.139. The number of rotatable bonds is 3. The third-order valence-corrected chi connectivity index (χ3v) is 3.40. The van der Waals surface area contributed by atoms with E-state index in [0.717, 1.165) is 12.1 Å². The van der Waals surface area contributed by atoms with E-state index in [0.29, 0.717) is 25.4 Å². The maximum Gasteiger partial charge on any atom is 0.260 e. The van der Waals surface area contributed by atoms with E-state index >= 15 is 0 Å². The molecule has 2 N–H and O–H groups in total. The predicted octanol–water partition coefficient (Wildman–Crippen LogP) is 0.528. The van der Waals surface area contributed by atoms with Crippen molar-refractivity contribution in [2.24, 2.45) is 5.92 Å². The second-order valence-electron chi connectivity index (χ2n) is 4.80. The van der Waals surface area contributed by atoms with Gasteiger partial charge in [-0.15, -0.1) is 0 Å². The Morgan fingerprint density at radius 2 is 2.33 bits per heavy atom. The fraction of sp³-hybridized carbons (Fsp3) is 0.538. The summed E-state index contributed by atoms with van der Waals surface area (Å²) in [4.78, 5) is 28.2. The van der Waals surface area contributed by atoms with Gasteiger partial charge in [0.05, 0.1) is 0 Å². The Morgan fingerprint density at radius 1 is 1.56 bits per heavy atom. The van der Waals surface area contributed by atoms with Crippen molar-refractivity contribution in [2.45, 2.75) is 19.8 Å². The second-order valence-corrected chi connectivity index (χ2v) is 4.80. The van der Waals surface area contributed by atoms with Crippen LogP contribution in [-0.4, -0.2) is 40.6 Å². The molecule has 1 saturated heterocycles. The Kier molecular flexibility index (Phi) is 3.81. The molecular formula is C13H18N2O3. The highest BCUT2D eigenvalue weighted by Crippen LogP contribution is 2.20. The van der Waals surface area contributed by atoms with Crippen LogP contribution >= 0.6 is 0 Å². The Labute approximate surface area is 105 Å². The van der Waals surface area contributed by atoms with Gasteiger partial charge in [-0.25, -0.2) is 0 Å². The van der Waals surface area contributed by atoms with Crippen LogP contribution in [0.3, 0.4) is 0 Å². The molecule has 1 aromatic heterocycles. The van der Waals surface area contributed by atoms with Crippen molar-refractivity contribution < 1.29 is 9.90 Å². The zero-order valence-electron chi connectivity index (χ0n) is 10.5. The average molecular weight is 250 g/mol. The van der Waals surface area contributed by atoms with Crippen molar-refractivity contribution in [3.05, 3.63) is 33.7 Å². The first-order valence-corrected chi connectivity index (χ1v) is 6.22. The number of pyridine rings is 1. The van der Waals surface area contributed by atoms with Crippen molar-refractivity contribution in [2.75, 3.05) is 19.7 Å². The van der Waals surface area contributed by atoms with Gasteiger partial charge < -0.3 is 15.0 Å². The monoisotopic (exact) mass is 250 g/mol. The summed E-state index contributed by atoms with van der Waals surface area (Å²) in [6.45, 7) is 3.23. The minimum Gasteiger partial charge on any atom is -0.396 e. The van der Waals surface area contributed by atoms with E-state index in [4.69, 9.17) is 5.11 Å². The number of amides is 1. The van der Waals surface area contributed by atoms with Gasteiger partial charge in [-0.2, -0.15) is 0 Å². The van der Waals surface area contributed by atoms with Crippen LogP contribution in [0.2, 0.25) is 0 Å². The number of aryl methyl sites for hydroxylation is 1. The summed E-state index contributed by atoms with van der Waals surface area (Å²) in [6, 6.07) is 3.31. The number of carbonyl (C=O) groups is 1. The van der Waals surface area contributed by atoms with Crippen LogP contribution in [0.1, 0.15) is 28.9 Å². The lowest BCUT2D eigenvalue weighted by atomic mass is 10.1. The highest BCUT2D eigenvalue weighted by molar-refractivity contribution is 5.94. The summed E-state index contributed by atoms with van der Waals surface area (Å²) in [5.41, 5.74) is 0.618. The normalized spacial score (nSPS) is 19.2. The van der Waals surface area contributed by atoms with Crippen molar-refractivity contribution in [1.29, 1.82) is 0 Å². The molecule has 2 rings (SSSR count). The summed E-state index contributed by atoms with van der Waals surface area (Å²) in [6.07, 6.45) is 1.62. The molecule has 18 heavy (non-hydrogen) atoms. The first-order valence-electron chi connectivity index (χ1n) is 6.22. The van der Waals surface area contributed by atoms with Crippen LogP contribution in [0, 0.1) is 12.8 Å². The third-order valence-electron chi connectivity index (χ3n) is 3.40. The minimum absolute atomic E-state index is 0.151. The molecule has 1 aromatic rings. The topological polar surface area (TPSA) is 73.4 Å². The van der Waals surface area contributed by atoms with Crippen LogP contribution < -0.4 is 5.56 Å². The van der Waals surface area contributed by atoms with Gasteiger partial charge in [-0.3, -0.25) is 9.59 Å². The third kappa shape index (κ3) is 2.61. The number of nitrogens with one attached hydrogen (secondary N) is 1. The van der Waals surface area contributed by atoms with Crippen LogP contribution in [0.25, 0.3) is 0 Å². The van der Waals surface area contributed by atoms with Crippen LogP contribution in [0.15, 0.2) is 16.9 Å². The Hall–Kier alpha value is -1.62. The Bertz CT molecular complexity index is 495. The summed E-state index contributed by atoms with van der Waals surface area (Å²) >= 11 is 0. The SMILES string of the molecule is Cc1ccc(C(=O)N2CCC(CCO)C2)c(=O)[nH]1. The highest BCUT2D eigenvalue weighted by atomic mass is 16.3. The van der Waals surface area contributed by atoms with E-state index < -0.39 is 0 Å². The van der Waals surface area contributed by atoms with E-state index in [-0.39, 0.29) is 23.6 Å². The van der Waals surface area contributed by atoms with Crippen molar-refractivity contribution >= 4 is 5.91 Å². The van der Waals surface area contributed by atoms with E-state index in [9.17, 15) is 9.59 Å². The van der Waals surface area contributed by atoms with Gasteiger partial charge in [0.15, 0.2) is 0 Å². The molecular weight excluding hydrogens is 232 g/mol. The second kappa shape index (κ2) is 5.35. The number of likely N-dealkylation sites (tertiary alicyclic amines) is 1. The van der Waals surface area contributed by atoms with Crippen LogP contribution in [0.4, 0.5) is 0 Å². The number of hydrogen-bond donors (Lipinski definition) is 2. The fourth-order valence-corrected chi connectivity index (χ4v) is 2.35. The molecule has 1 unspecified atom stereocenters. The molecule has 2 heterocycles. The summed E-state index contributed by atoms with van der Waals surface area (Å²) in [7, 11) is 0. The fourth-order valence-electron chi connectivity index (χ4n) is 2.35. The number of hydrogen-bond acceptors (Lipinski definition) is 3. The molecule has 0 radical (unpaired) electrons. The van der Waals surface area contributed by atoms with Gasteiger partial charge in [0.1, 0.15) is 5.56 Å². The number of H-pyrrole nitrogens is 1. The van der Waals surface area contributed by atoms with Crippen LogP contribution in [0.5, 0.6) is 0 Å². The summed E-state index contributed by atoms with van der Waals surface area (Å²) < 4.78 is 0. The van der Waals surface area contributed by atoms with E-state index in [1.165, 1.54) is 0 Å². The standard InChI is InChI=1S/C13H18N2O3/c1-9-2-3-11(12(17)14-9)13(18)15-6-4-10(8-15)5-7-16/h2-3,10,16H,4-8H2,1H3,(H,14,17). The molecule has 1 amide bonds. The molecule has 1 atom stereocenters. The van der Waals surface area contributed by atoms with E-state index in [1.54, 1.807) is 24.0 Å². The predicted molar refractivity (Wildman–Crippen MR) is 67.5 cm³/mol. The molecule has 0 bridgehead atoms. The number of aromatic nitrogens is 1. The lowest BCUT2D eigenvalue weighted by Crippen LogP contribution is -2.33. The Morgan fingerprint density at radius 3 is 3.00 bits per heavy atom. The van der Waals surface area contributed by atoms with E-state index in [2.05, 4.69) is 4.98 Å². The van der Waals surface area contributed by atoms with Crippen molar-refractivity contribution in [1.82, 2.24) is 9.88 Å². The lowest BCUT2D eigenvalue weighted by molar-refractivity contribution is 0.0783. The van der Waals surface area contributed by atoms with Gasteiger partial charge >= 0.3 is 0 Å².